The fraction of sp³-hybridized carbons (Fsp3) is 0.0909. The van der Waals surface area contributed by atoms with Crippen molar-refractivity contribution < 1.29 is 4.92 Å². The molecule has 0 aliphatic rings. The van der Waals surface area contributed by atoms with Gasteiger partial charge in [-0.05, 0) is 18.4 Å². The van der Waals surface area contributed by atoms with Crippen LogP contribution < -0.4 is 5.73 Å². The Kier molecular flexibility index (Phi) is 4.23. The van der Waals surface area contributed by atoms with Crippen LogP contribution in [0, 0.1) is 10.1 Å². The Labute approximate surface area is 118 Å². The van der Waals surface area contributed by atoms with Crippen molar-refractivity contribution in [3.05, 3.63) is 40.4 Å². The molecule has 0 unspecified atom stereocenters. The van der Waals surface area contributed by atoms with Crippen LogP contribution in [0.25, 0.3) is 0 Å². The molecule has 8 heteroatoms. The molecule has 0 aliphatic heterocycles. The van der Waals surface area contributed by atoms with Gasteiger partial charge in [0.25, 0.3) is 5.69 Å². The molecule has 2 rings (SSSR count). The minimum atomic E-state index is -0.428. The van der Waals surface area contributed by atoms with E-state index in [1.54, 1.807) is 18.2 Å². The fourth-order valence-corrected chi connectivity index (χ4v) is 2.59. The lowest BCUT2D eigenvalue weighted by molar-refractivity contribution is -0.384. The van der Waals surface area contributed by atoms with E-state index in [4.69, 9.17) is 5.73 Å². The predicted octanol–water partition coefficient (Wildman–Crippen LogP) is 2.84. The molecule has 98 valence electrons. The van der Waals surface area contributed by atoms with Gasteiger partial charge < -0.3 is 5.73 Å². The van der Waals surface area contributed by atoms with Crippen LogP contribution in [0.4, 0.5) is 11.5 Å². The van der Waals surface area contributed by atoms with Gasteiger partial charge in [-0.15, -0.1) is 0 Å². The summed E-state index contributed by atoms with van der Waals surface area (Å²) < 4.78 is 0. The average Bonchev–Trinajstić information content (AvgIpc) is 2.38. The maximum Gasteiger partial charge on any atom is 0.269 e. The molecule has 19 heavy (non-hydrogen) atoms. The number of thioether (sulfide) groups is 1. The van der Waals surface area contributed by atoms with Crippen LogP contribution in [0.5, 0.6) is 0 Å². The Hall–Kier alpha value is -1.80. The number of nitrogen functional groups attached to an aromatic ring is 1. The third kappa shape index (κ3) is 3.58. The van der Waals surface area contributed by atoms with Crippen molar-refractivity contribution in [3.8, 4) is 0 Å². The smallest absolute Gasteiger partial charge is 0.269 e. The van der Waals surface area contributed by atoms with Crippen molar-refractivity contribution in [1.29, 1.82) is 0 Å². The Morgan fingerprint density at radius 2 is 1.95 bits per heavy atom. The highest BCUT2D eigenvalue weighted by Crippen LogP contribution is 2.29. The minimum absolute atomic E-state index is 0.0661. The highest BCUT2D eigenvalue weighted by molar-refractivity contribution is 7.99. The standard InChI is InChI=1S/C11H10N4O2S2/c1-18-11-13-9(12)6-10(14-11)19-8-4-2-7(3-5-8)15(16)17/h2-6H,1H3,(H2,12,13,14). The molecule has 0 spiro atoms. The molecular weight excluding hydrogens is 284 g/mol. The molecule has 1 aromatic heterocycles. The van der Waals surface area contributed by atoms with E-state index in [1.165, 1.54) is 35.7 Å². The summed E-state index contributed by atoms with van der Waals surface area (Å²) >= 11 is 2.79. The van der Waals surface area contributed by atoms with E-state index in [9.17, 15) is 10.1 Å². The lowest BCUT2D eigenvalue weighted by Gasteiger charge is -2.03. The number of hydrogen-bond donors (Lipinski definition) is 1. The van der Waals surface area contributed by atoms with Gasteiger partial charge in [0.05, 0.1) is 4.92 Å². The second kappa shape index (κ2) is 5.89. The number of nitrogens with zero attached hydrogens (tertiary/aromatic N) is 3. The van der Waals surface area contributed by atoms with Crippen LogP contribution in [0.1, 0.15) is 0 Å². The Morgan fingerprint density at radius 1 is 1.26 bits per heavy atom. The molecule has 2 aromatic rings. The third-order valence-corrected chi connectivity index (χ3v) is 3.63. The predicted molar refractivity (Wildman–Crippen MR) is 75.4 cm³/mol. The van der Waals surface area contributed by atoms with Crippen molar-refractivity contribution in [2.24, 2.45) is 0 Å². The highest BCUT2D eigenvalue weighted by Gasteiger charge is 2.07. The van der Waals surface area contributed by atoms with Gasteiger partial charge in [0.15, 0.2) is 5.16 Å². The second-order valence-corrected chi connectivity index (χ2v) is 5.34. The summed E-state index contributed by atoms with van der Waals surface area (Å²) in [5, 5.41) is 11.9. The van der Waals surface area contributed by atoms with E-state index in [0.29, 0.717) is 16.0 Å². The van der Waals surface area contributed by atoms with Gasteiger partial charge in [-0.1, -0.05) is 23.5 Å². The van der Waals surface area contributed by atoms with Crippen molar-refractivity contribution in [1.82, 2.24) is 9.97 Å². The van der Waals surface area contributed by atoms with Crippen LogP contribution >= 0.6 is 23.5 Å². The molecule has 0 fully saturated rings. The minimum Gasteiger partial charge on any atom is -0.384 e. The molecule has 0 saturated heterocycles. The quantitative estimate of drug-likeness (QED) is 0.304. The molecule has 0 radical (unpaired) electrons. The lowest BCUT2D eigenvalue weighted by atomic mass is 10.3. The average molecular weight is 294 g/mol. The number of rotatable bonds is 4. The number of anilines is 1. The van der Waals surface area contributed by atoms with Crippen molar-refractivity contribution in [2.75, 3.05) is 12.0 Å². The lowest BCUT2D eigenvalue weighted by Crippen LogP contribution is -1.95. The zero-order chi connectivity index (χ0) is 13.8. The summed E-state index contributed by atoms with van der Waals surface area (Å²) in [4.78, 5) is 19.4. The molecular formula is C11H10N4O2S2. The second-order valence-electron chi connectivity index (χ2n) is 3.47. The molecule has 0 amide bonds. The van der Waals surface area contributed by atoms with E-state index in [-0.39, 0.29) is 5.69 Å². The number of benzene rings is 1. The van der Waals surface area contributed by atoms with Crippen molar-refractivity contribution in [2.45, 2.75) is 15.1 Å². The summed E-state index contributed by atoms with van der Waals surface area (Å²) in [6.07, 6.45) is 1.87. The van der Waals surface area contributed by atoms with Crippen LogP contribution in [0.2, 0.25) is 0 Å². The largest absolute Gasteiger partial charge is 0.384 e. The van der Waals surface area contributed by atoms with Crippen molar-refractivity contribution in [3.63, 3.8) is 0 Å². The Morgan fingerprint density at radius 3 is 2.53 bits per heavy atom. The first-order valence-corrected chi connectivity index (χ1v) is 7.23. The van der Waals surface area contributed by atoms with E-state index in [1.807, 2.05) is 6.26 Å². The van der Waals surface area contributed by atoms with Crippen LogP contribution in [0.3, 0.4) is 0 Å². The van der Waals surface area contributed by atoms with Gasteiger partial charge in [0.1, 0.15) is 10.8 Å². The van der Waals surface area contributed by atoms with Crippen LogP contribution in [-0.2, 0) is 0 Å². The first-order chi connectivity index (χ1) is 9.08. The summed E-state index contributed by atoms with van der Waals surface area (Å²) in [6, 6.07) is 7.95. The zero-order valence-electron chi connectivity index (χ0n) is 9.94. The SMILES string of the molecule is CSc1nc(N)cc(Sc2ccc([N+](=O)[O-])cc2)n1. The molecule has 1 aromatic carbocycles. The van der Waals surface area contributed by atoms with Crippen LogP contribution in [-0.4, -0.2) is 21.1 Å². The molecule has 1 heterocycles. The van der Waals surface area contributed by atoms with Gasteiger partial charge in [-0.2, -0.15) is 0 Å². The van der Waals surface area contributed by atoms with E-state index in [2.05, 4.69) is 9.97 Å². The fourth-order valence-electron chi connectivity index (χ4n) is 1.32. The van der Waals surface area contributed by atoms with Crippen molar-refractivity contribution >= 4 is 35.0 Å². The summed E-state index contributed by atoms with van der Waals surface area (Å²) in [5.41, 5.74) is 5.75. The Balaban J connectivity index is 2.21. The molecule has 6 nitrogen and oxygen atoms in total. The molecule has 0 atom stereocenters. The molecule has 0 aliphatic carbocycles. The monoisotopic (exact) mass is 294 g/mol. The third-order valence-electron chi connectivity index (χ3n) is 2.15. The van der Waals surface area contributed by atoms with Crippen LogP contribution in [0.15, 0.2) is 45.4 Å². The molecule has 0 bridgehead atoms. The number of nitro benzene ring substituents is 1. The van der Waals surface area contributed by atoms with E-state index < -0.39 is 4.92 Å². The normalized spacial score (nSPS) is 10.4. The Bertz CT molecular complexity index is 604. The zero-order valence-corrected chi connectivity index (χ0v) is 11.6. The number of nitrogens with two attached hydrogens (primary N) is 1. The first kappa shape index (κ1) is 13.6. The first-order valence-electron chi connectivity index (χ1n) is 5.19. The van der Waals surface area contributed by atoms with Gasteiger partial charge in [-0.3, -0.25) is 10.1 Å². The highest BCUT2D eigenvalue weighted by atomic mass is 32.2. The summed E-state index contributed by atoms with van der Waals surface area (Å²) in [7, 11) is 0. The maximum absolute atomic E-state index is 10.6. The van der Waals surface area contributed by atoms with Gasteiger partial charge >= 0.3 is 0 Å². The topological polar surface area (TPSA) is 94.9 Å². The van der Waals surface area contributed by atoms with Gasteiger partial charge in [0.2, 0.25) is 0 Å². The number of non-ortho nitro benzene ring substituents is 1. The van der Waals surface area contributed by atoms with Gasteiger partial charge in [-0.25, -0.2) is 9.97 Å². The van der Waals surface area contributed by atoms with Gasteiger partial charge in [0, 0.05) is 23.1 Å². The number of nitro groups is 1. The van der Waals surface area contributed by atoms with E-state index >= 15 is 0 Å². The number of aromatic nitrogens is 2. The molecule has 0 saturated carbocycles. The summed E-state index contributed by atoms with van der Waals surface area (Å²) in [6.45, 7) is 0. The maximum atomic E-state index is 10.6. The van der Waals surface area contributed by atoms with E-state index in [0.717, 1.165) is 4.90 Å². The molecule has 2 N–H and O–H groups in total. The number of hydrogen-bond acceptors (Lipinski definition) is 7. The summed E-state index contributed by atoms with van der Waals surface area (Å²) in [5.74, 6) is 0.406.